The van der Waals surface area contributed by atoms with Gasteiger partial charge in [-0.3, -0.25) is 4.79 Å². The lowest BCUT2D eigenvalue weighted by atomic mass is 9.94. The first-order valence-corrected chi connectivity index (χ1v) is 5.15. The Kier molecular flexibility index (Phi) is 3.38. The van der Waals surface area contributed by atoms with Crippen LogP contribution in [0.25, 0.3) is 0 Å². The van der Waals surface area contributed by atoms with Crippen molar-refractivity contribution >= 4 is 5.91 Å². The first-order valence-electron chi connectivity index (χ1n) is 5.15. The van der Waals surface area contributed by atoms with Crippen LogP contribution in [-0.2, 0) is 4.79 Å². The molecule has 0 aliphatic heterocycles. The predicted octanol–water partition coefficient (Wildman–Crippen LogP) is 2.32. The second-order valence-electron chi connectivity index (χ2n) is 4.38. The van der Waals surface area contributed by atoms with Crippen molar-refractivity contribution in [3.05, 3.63) is 23.7 Å². The molecule has 1 rings (SSSR count). The Morgan fingerprint density at radius 3 is 2.62 bits per heavy atom. The Morgan fingerprint density at radius 2 is 2.19 bits per heavy atom. The zero-order valence-electron chi connectivity index (χ0n) is 10.00. The van der Waals surface area contributed by atoms with E-state index in [1.807, 2.05) is 32.0 Å². The molecule has 1 atom stereocenters. The van der Waals surface area contributed by atoms with Crippen LogP contribution in [-0.4, -0.2) is 5.91 Å². The van der Waals surface area contributed by atoms with Crippen LogP contribution in [0.3, 0.4) is 0 Å². The van der Waals surface area contributed by atoms with Crippen molar-refractivity contribution in [1.29, 1.82) is 5.26 Å². The quantitative estimate of drug-likeness (QED) is 0.850. The number of amides is 1. The number of hydrogen-bond donors (Lipinski definition) is 1. The summed E-state index contributed by atoms with van der Waals surface area (Å²) in [6, 6.07) is 5.39. The van der Waals surface area contributed by atoms with Crippen LogP contribution in [0.15, 0.2) is 16.5 Å². The normalized spacial score (nSPS) is 12.9. The van der Waals surface area contributed by atoms with Crippen molar-refractivity contribution in [2.75, 3.05) is 0 Å². The number of carbonyl (C=O) groups is 1. The molecule has 0 fully saturated rings. The smallest absolute Gasteiger partial charge is 0.240 e. The minimum absolute atomic E-state index is 0.228. The van der Waals surface area contributed by atoms with E-state index in [0.717, 1.165) is 5.76 Å². The lowest BCUT2D eigenvalue weighted by Crippen LogP contribution is -2.37. The molecule has 1 aromatic heterocycles. The third-order valence-electron chi connectivity index (χ3n) is 2.38. The summed E-state index contributed by atoms with van der Waals surface area (Å²) in [7, 11) is 0. The van der Waals surface area contributed by atoms with Gasteiger partial charge < -0.3 is 9.73 Å². The molecule has 0 aliphatic rings. The lowest BCUT2D eigenvalue weighted by Gasteiger charge is -2.18. The van der Waals surface area contributed by atoms with Gasteiger partial charge in [-0.05, 0) is 39.8 Å². The maximum absolute atomic E-state index is 11.7. The molecular formula is C12H16N2O2. The van der Waals surface area contributed by atoms with Gasteiger partial charge in [-0.15, -0.1) is 0 Å². The molecule has 1 aromatic rings. The standard InChI is InChI=1S/C12H16N2O2/c1-8-5-6-10(16-8)9(2)14-11(15)12(3,4)7-13/h5-6,9H,1-4H3,(H,14,15). The molecule has 4 heteroatoms. The van der Waals surface area contributed by atoms with Crippen LogP contribution >= 0.6 is 0 Å². The number of nitriles is 1. The number of carbonyl (C=O) groups excluding carboxylic acids is 1. The summed E-state index contributed by atoms with van der Waals surface area (Å²) in [6.07, 6.45) is 0. The fourth-order valence-corrected chi connectivity index (χ4v) is 1.19. The molecule has 1 amide bonds. The number of aryl methyl sites for hydroxylation is 1. The summed E-state index contributed by atoms with van der Waals surface area (Å²) < 4.78 is 5.39. The minimum Gasteiger partial charge on any atom is -0.464 e. The molecule has 0 saturated heterocycles. The number of hydrogen-bond acceptors (Lipinski definition) is 3. The van der Waals surface area contributed by atoms with Gasteiger partial charge in [-0.1, -0.05) is 0 Å². The number of furan rings is 1. The van der Waals surface area contributed by atoms with E-state index in [2.05, 4.69) is 5.32 Å². The Labute approximate surface area is 95.2 Å². The third kappa shape index (κ3) is 2.63. The average molecular weight is 220 g/mol. The van der Waals surface area contributed by atoms with E-state index in [4.69, 9.17) is 9.68 Å². The molecule has 1 N–H and O–H groups in total. The second-order valence-corrected chi connectivity index (χ2v) is 4.38. The zero-order valence-corrected chi connectivity index (χ0v) is 10.00. The van der Waals surface area contributed by atoms with Crippen LogP contribution in [0.5, 0.6) is 0 Å². The van der Waals surface area contributed by atoms with E-state index in [1.165, 1.54) is 0 Å². The monoisotopic (exact) mass is 220 g/mol. The molecule has 86 valence electrons. The Morgan fingerprint density at radius 1 is 1.56 bits per heavy atom. The first-order chi connectivity index (χ1) is 7.36. The van der Waals surface area contributed by atoms with Crippen molar-refractivity contribution in [1.82, 2.24) is 5.32 Å². The van der Waals surface area contributed by atoms with Crippen LogP contribution in [0.4, 0.5) is 0 Å². The predicted molar refractivity (Wildman–Crippen MR) is 59.4 cm³/mol. The van der Waals surface area contributed by atoms with Crippen LogP contribution in [0.2, 0.25) is 0 Å². The number of nitrogens with one attached hydrogen (secondary N) is 1. The fraction of sp³-hybridized carbons (Fsp3) is 0.500. The maximum atomic E-state index is 11.7. The highest BCUT2D eigenvalue weighted by atomic mass is 16.3. The van der Waals surface area contributed by atoms with Crippen molar-refractivity contribution < 1.29 is 9.21 Å². The van der Waals surface area contributed by atoms with E-state index in [9.17, 15) is 4.79 Å². The Balaban J connectivity index is 2.70. The Bertz CT molecular complexity index is 426. The van der Waals surface area contributed by atoms with E-state index in [-0.39, 0.29) is 11.9 Å². The average Bonchev–Trinajstić information content (AvgIpc) is 2.64. The van der Waals surface area contributed by atoms with Gasteiger partial charge in [0.25, 0.3) is 0 Å². The van der Waals surface area contributed by atoms with Crippen molar-refractivity contribution in [2.24, 2.45) is 5.41 Å². The van der Waals surface area contributed by atoms with Crippen molar-refractivity contribution in [3.8, 4) is 6.07 Å². The molecule has 0 bridgehead atoms. The van der Waals surface area contributed by atoms with Gasteiger partial charge in [-0.2, -0.15) is 5.26 Å². The van der Waals surface area contributed by atoms with Crippen LogP contribution in [0, 0.1) is 23.7 Å². The van der Waals surface area contributed by atoms with Crippen molar-refractivity contribution in [2.45, 2.75) is 33.7 Å². The summed E-state index contributed by atoms with van der Waals surface area (Å²) >= 11 is 0. The van der Waals surface area contributed by atoms with Gasteiger partial charge in [0, 0.05) is 0 Å². The minimum atomic E-state index is -1.02. The second kappa shape index (κ2) is 4.40. The van der Waals surface area contributed by atoms with Crippen LogP contribution < -0.4 is 5.32 Å². The molecular weight excluding hydrogens is 204 g/mol. The molecule has 0 radical (unpaired) electrons. The van der Waals surface area contributed by atoms with Gasteiger partial charge >= 0.3 is 0 Å². The van der Waals surface area contributed by atoms with Gasteiger partial charge in [0.05, 0.1) is 12.1 Å². The largest absolute Gasteiger partial charge is 0.464 e. The van der Waals surface area contributed by atoms with Gasteiger partial charge in [0.15, 0.2) is 0 Å². The topological polar surface area (TPSA) is 66.0 Å². The van der Waals surface area contributed by atoms with E-state index in [1.54, 1.807) is 13.8 Å². The molecule has 0 aromatic carbocycles. The molecule has 4 nitrogen and oxygen atoms in total. The van der Waals surface area contributed by atoms with Crippen LogP contribution in [0.1, 0.15) is 38.3 Å². The third-order valence-corrected chi connectivity index (χ3v) is 2.38. The molecule has 0 spiro atoms. The summed E-state index contributed by atoms with van der Waals surface area (Å²) in [4.78, 5) is 11.7. The highest BCUT2D eigenvalue weighted by Crippen LogP contribution is 2.19. The van der Waals surface area contributed by atoms with Gasteiger partial charge in [-0.25, -0.2) is 0 Å². The zero-order chi connectivity index (χ0) is 12.3. The number of rotatable bonds is 3. The highest BCUT2D eigenvalue weighted by Gasteiger charge is 2.28. The van der Waals surface area contributed by atoms with Gasteiger partial charge in [0.1, 0.15) is 16.9 Å². The molecule has 1 unspecified atom stereocenters. The van der Waals surface area contributed by atoms with E-state index < -0.39 is 5.41 Å². The molecule has 0 saturated carbocycles. The number of nitrogens with zero attached hydrogens (tertiary/aromatic N) is 1. The maximum Gasteiger partial charge on any atom is 0.240 e. The summed E-state index contributed by atoms with van der Waals surface area (Å²) in [6.45, 7) is 6.84. The van der Waals surface area contributed by atoms with Crippen molar-refractivity contribution in [3.63, 3.8) is 0 Å². The summed E-state index contributed by atoms with van der Waals surface area (Å²) in [5, 5.41) is 11.6. The van der Waals surface area contributed by atoms with E-state index in [0.29, 0.717) is 5.76 Å². The molecule has 0 aliphatic carbocycles. The SMILES string of the molecule is Cc1ccc(C(C)NC(=O)C(C)(C)C#N)o1. The highest BCUT2D eigenvalue weighted by molar-refractivity contribution is 5.84. The lowest BCUT2D eigenvalue weighted by molar-refractivity contribution is -0.127. The molecule has 1 heterocycles. The van der Waals surface area contributed by atoms with E-state index >= 15 is 0 Å². The summed E-state index contributed by atoms with van der Waals surface area (Å²) in [5.74, 6) is 1.20. The first kappa shape index (κ1) is 12.3. The van der Waals surface area contributed by atoms with Gasteiger partial charge in [0.2, 0.25) is 5.91 Å². The fourth-order valence-electron chi connectivity index (χ4n) is 1.19. The summed E-state index contributed by atoms with van der Waals surface area (Å²) in [5.41, 5.74) is -1.02. The molecule has 16 heavy (non-hydrogen) atoms. The Hall–Kier alpha value is -1.76.